The molecule has 3 aromatic carbocycles. The summed E-state index contributed by atoms with van der Waals surface area (Å²) in [5, 5.41) is 21.3. The van der Waals surface area contributed by atoms with Crippen molar-refractivity contribution >= 4 is 46.1 Å². The zero-order valence-corrected chi connectivity index (χ0v) is 12.8. The summed E-state index contributed by atoms with van der Waals surface area (Å²) in [6.45, 7) is 0. The van der Waals surface area contributed by atoms with Gasteiger partial charge in [0.15, 0.2) is 0 Å². The molecular weight excluding hydrogens is 310 g/mol. The van der Waals surface area contributed by atoms with Crippen LogP contribution in [0.5, 0.6) is 0 Å². The molecule has 0 aliphatic carbocycles. The highest BCUT2D eigenvalue weighted by molar-refractivity contribution is 6.59. The Morgan fingerprint density at radius 1 is 0.783 bits per heavy atom. The monoisotopic (exact) mass is 322 g/mol. The van der Waals surface area contributed by atoms with Crippen LogP contribution in [0.4, 0.5) is 0 Å². The number of benzene rings is 3. The average Bonchev–Trinajstić information content (AvgIpc) is 2.92. The summed E-state index contributed by atoms with van der Waals surface area (Å²) in [7, 11) is -1.55. The third-order valence-corrected chi connectivity index (χ3v) is 4.15. The molecule has 5 heteroatoms. The summed E-state index contributed by atoms with van der Waals surface area (Å²) >= 11 is 6.10. The molecule has 0 aliphatic heterocycles. The van der Waals surface area contributed by atoms with Crippen molar-refractivity contribution in [2.75, 3.05) is 0 Å². The lowest BCUT2D eigenvalue weighted by molar-refractivity contribution is 0.426. The molecule has 0 atom stereocenters. The second-order valence-corrected chi connectivity index (χ2v) is 5.89. The second-order valence-electron chi connectivity index (χ2n) is 5.46. The highest BCUT2D eigenvalue weighted by atomic mass is 35.5. The molecule has 0 unspecified atom stereocenters. The summed E-state index contributed by atoms with van der Waals surface area (Å²) in [5.74, 6) is 0. The molecule has 0 aliphatic rings. The Bertz CT molecular complexity index is 1020. The van der Waals surface area contributed by atoms with Crippen LogP contribution in [-0.4, -0.2) is 17.2 Å². The minimum atomic E-state index is -1.55. The smallest absolute Gasteiger partial charge is 0.456 e. The molecule has 0 spiro atoms. The van der Waals surface area contributed by atoms with Crippen LogP contribution in [0.1, 0.15) is 0 Å². The maximum Gasteiger partial charge on any atom is 0.488 e. The summed E-state index contributed by atoms with van der Waals surface area (Å²) in [6.07, 6.45) is 0. The maximum atomic E-state index is 9.38. The highest BCUT2D eigenvalue weighted by Gasteiger charge is 2.14. The van der Waals surface area contributed by atoms with E-state index in [-0.39, 0.29) is 0 Å². The van der Waals surface area contributed by atoms with Crippen molar-refractivity contribution in [1.82, 2.24) is 0 Å². The molecule has 23 heavy (non-hydrogen) atoms. The first-order valence-corrected chi connectivity index (χ1v) is 7.58. The van der Waals surface area contributed by atoms with Crippen LogP contribution in [0.25, 0.3) is 33.1 Å². The molecule has 1 aromatic heterocycles. The van der Waals surface area contributed by atoms with Crippen molar-refractivity contribution in [1.29, 1.82) is 0 Å². The molecule has 0 fully saturated rings. The molecule has 0 amide bonds. The van der Waals surface area contributed by atoms with Gasteiger partial charge in [-0.15, -0.1) is 0 Å². The summed E-state index contributed by atoms with van der Waals surface area (Å²) < 4.78 is 5.82. The SMILES string of the molecule is OB(O)c1cc(Cl)cc(-c2ccc3oc4ccccc4c3c2)c1. The zero-order chi connectivity index (χ0) is 16.0. The number of para-hydroxylation sites is 1. The Morgan fingerprint density at radius 3 is 2.39 bits per heavy atom. The minimum absolute atomic E-state index is 0.365. The maximum absolute atomic E-state index is 9.38. The third kappa shape index (κ3) is 2.51. The van der Waals surface area contributed by atoms with Gasteiger partial charge >= 0.3 is 7.12 Å². The van der Waals surface area contributed by atoms with Gasteiger partial charge in [-0.2, -0.15) is 0 Å². The van der Waals surface area contributed by atoms with E-state index in [9.17, 15) is 10.0 Å². The lowest BCUT2D eigenvalue weighted by atomic mass is 9.79. The van der Waals surface area contributed by atoms with E-state index in [4.69, 9.17) is 16.0 Å². The average molecular weight is 323 g/mol. The van der Waals surface area contributed by atoms with Crippen molar-refractivity contribution < 1.29 is 14.5 Å². The van der Waals surface area contributed by atoms with Gasteiger partial charge in [0, 0.05) is 15.8 Å². The van der Waals surface area contributed by atoms with E-state index in [0.717, 1.165) is 33.1 Å². The Hall–Kier alpha value is -2.27. The Kier molecular flexibility index (Phi) is 3.38. The van der Waals surface area contributed by atoms with E-state index >= 15 is 0 Å². The lowest BCUT2D eigenvalue weighted by Crippen LogP contribution is -2.29. The van der Waals surface area contributed by atoms with Gasteiger partial charge < -0.3 is 14.5 Å². The fourth-order valence-electron chi connectivity index (χ4n) is 2.83. The van der Waals surface area contributed by atoms with Gasteiger partial charge in [0.25, 0.3) is 0 Å². The highest BCUT2D eigenvalue weighted by Crippen LogP contribution is 2.32. The Balaban J connectivity index is 1.94. The first-order chi connectivity index (χ1) is 11.1. The number of halogens is 1. The molecule has 1 heterocycles. The van der Waals surface area contributed by atoms with Crippen LogP contribution < -0.4 is 5.46 Å². The second kappa shape index (κ2) is 5.42. The standard InChI is InChI=1S/C18H12BClO3/c20-14-8-12(7-13(10-14)19(21)22)11-5-6-18-16(9-11)15-3-1-2-4-17(15)23-18/h1-10,21-22H. The van der Waals surface area contributed by atoms with Gasteiger partial charge in [-0.1, -0.05) is 41.9 Å². The minimum Gasteiger partial charge on any atom is -0.456 e. The topological polar surface area (TPSA) is 53.6 Å². The predicted molar refractivity (Wildman–Crippen MR) is 94.0 cm³/mol. The van der Waals surface area contributed by atoms with Crippen molar-refractivity contribution in [2.45, 2.75) is 0 Å². The number of hydrogen-bond donors (Lipinski definition) is 2. The summed E-state index contributed by atoms with van der Waals surface area (Å²) in [4.78, 5) is 0. The molecule has 2 N–H and O–H groups in total. The Morgan fingerprint density at radius 2 is 1.57 bits per heavy atom. The van der Waals surface area contributed by atoms with Gasteiger partial charge in [-0.05, 0) is 46.9 Å². The first-order valence-electron chi connectivity index (χ1n) is 7.20. The van der Waals surface area contributed by atoms with Gasteiger partial charge in [-0.25, -0.2) is 0 Å². The molecular formula is C18H12BClO3. The van der Waals surface area contributed by atoms with E-state index in [1.54, 1.807) is 18.2 Å². The fourth-order valence-corrected chi connectivity index (χ4v) is 3.08. The molecule has 3 nitrogen and oxygen atoms in total. The van der Waals surface area contributed by atoms with Gasteiger partial charge in [0.2, 0.25) is 0 Å². The fraction of sp³-hybridized carbons (Fsp3) is 0. The third-order valence-electron chi connectivity index (χ3n) is 3.93. The molecule has 0 bridgehead atoms. The van der Waals surface area contributed by atoms with Crippen molar-refractivity contribution in [3.63, 3.8) is 0 Å². The Labute approximate surface area is 137 Å². The van der Waals surface area contributed by atoms with E-state index in [2.05, 4.69) is 0 Å². The molecule has 0 radical (unpaired) electrons. The van der Waals surface area contributed by atoms with Crippen LogP contribution in [0.3, 0.4) is 0 Å². The molecule has 4 rings (SSSR count). The van der Waals surface area contributed by atoms with Gasteiger partial charge in [-0.3, -0.25) is 0 Å². The normalized spacial score (nSPS) is 11.3. The van der Waals surface area contributed by atoms with Gasteiger partial charge in [0.1, 0.15) is 11.2 Å². The van der Waals surface area contributed by atoms with E-state index in [1.165, 1.54) is 0 Å². The number of furan rings is 1. The van der Waals surface area contributed by atoms with E-state index in [1.807, 2.05) is 42.5 Å². The van der Waals surface area contributed by atoms with Crippen LogP contribution in [0.15, 0.2) is 65.1 Å². The molecule has 0 saturated heterocycles. The largest absolute Gasteiger partial charge is 0.488 e. The molecule has 0 saturated carbocycles. The number of rotatable bonds is 2. The summed E-state index contributed by atoms with van der Waals surface area (Å²) in [5.41, 5.74) is 3.79. The summed E-state index contributed by atoms with van der Waals surface area (Å²) in [6, 6.07) is 18.8. The van der Waals surface area contributed by atoms with E-state index < -0.39 is 7.12 Å². The molecule has 4 aromatic rings. The quantitative estimate of drug-likeness (QED) is 0.555. The predicted octanol–water partition coefficient (Wildman–Crippen LogP) is 3.59. The molecule has 112 valence electrons. The zero-order valence-electron chi connectivity index (χ0n) is 12.0. The van der Waals surface area contributed by atoms with Crippen LogP contribution in [-0.2, 0) is 0 Å². The van der Waals surface area contributed by atoms with Crippen molar-refractivity contribution in [3.8, 4) is 11.1 Å². The number of fused-ring (bicyclic) bond motifs is 3. The van der Waals surface area contributed by atoms with E-state index in [0.29, 0.717) is 10.5 Å². The van der Waals surface area contributed by atoms with Crippen molar-refractivity contribution in [2.24, 2.45) is 0 Å². The lowest BCUT2D eigenvalue weighted by Gasteiger charge is -2.07. The number of hydrogen-bond acceptors (Lipinski definition) is 3. The van der Waals surface area contributed by atoms with Crippen LogP contribution >= 0.6 is 11.6 Å². The van der Waals surface area contributed by atoms with Crippen LogP contribution in [0, 0.1) is 0 Å². The van der Waals surface area contributed by atoms with Crippen molar-refractivity contribution in [3.05, 3.63) is 65.7 Å². The van der Waals surface area contributed by atoms with Crippen LogP contribution in [0.2, 0.25) is 5.02 Å². The first kappa shape index (κ1) is 14.3. The van der Waals surface area contributed by atoms with Gasteiger partial charge in [0.05, 0.1) is 0 Å².